The molecule has 0 fully saturated rings. The average molecular weight is 589 g/mol. The zero-order valence-corrected chi connectivity index (χ0v) is 23.6. The minimum Gasteiger partial charge on any atom is -0.352 e. The number of hydrogen-bond acceptors (Lipinski definition) is 5. The number of rotatable bonds is 9. The fraction of sp³-hybridized carbons (Fsp3) is 0.250. The molecule has 1 N–H and O–H groups in total. The Labute approximate surface area is 237 Å². The van der Waals surface area contributed by atoms with Gasteiger partial charge in [0.15, 0.2) is 0 Å². The number of sulfonamides is 1. The molecule has 0 saturated heterocycles. The number of nitrogens with one attached hydrogen (secondary N) is 1. The van der Waals surface area contributed by atoms with E-state index < -0.39 is 40.3 Å². The summed E-state index contributed by atoms with van der Waals surface area (Å²) < 4.78 is 26.9. The average Bonchev–Trinajstić information content (AvgIpc) is 3.08. The zero-order valence-electron chi connectivity index (χ0n) is 21.3. The predicted molar refractivity (Wildman–Crippen MR) is 149 cm³/mol. The number of hydrogen-bond donors (Lipinski definition) is 1. The second-order valence-electron chi connectivity index (χ2n) is 9.40. The van der Waals surface area contributed by atoms with Crippen LogP contribution in [0, 0.1) is 0 Å². The summed E-state index contributed by atoms with van der Waals surface area (Å²) in [4.78, 5) is 41.5. The lowest BCUT2D eigenvalue weighted by molar-refractivity contribution is -0.141. The number of nitrogens with zero attached hydrogens (tertiary/aromatic N) is 2. The van der Waals surface area contributed by atoms with Crippen molar-refractivity contribution < 1.29 is 22.8 Å². The maximum Gasteiger partial charge on any atom is 0.269 e. The van der Waals surface area contributed by atoms with Gasteiger partial charge in [-0.2, -0.15) is 0 Å². The quantitative estimate of drug-likeness (QED) is 0.402. The number of carbonyl (C=O) groups is 3. The Kier molecular flexibility index (Phi) is 8.64. The van der Waals surface area contributed by atoms with Crippen molar-refractivity contribution in [1.29, 1.82) is 0 Å². The molecule has 0 bridgehead atoms. The first kappa shape index (κ1) is 28.6. The van der Waals surface area contributed by atoms with Crippen LogP contribution < -0.4 is 5.32 Å². The van der Waals surface area contributed by atoms with Gasteiger partial charge in [0.2, 0.25) is 11.8 Å². The van der Waals surface area contributed by atoms with E-state index in [1.54, 1.807) is 38.1 Å². The number of benzene rings is 3. The molecule has 0 unspecified atom stereocenters. The molecule has 3 amide bonds. The summed E-state index contributed by atoms with van der Waals surface area (Å²) in [7, 11) is -4.25. The normalized spacial score (nSPS) is 14.7. The Morgan fingerprint density at radius 1 is 0.923 bits per heavy atom. The van der Waals surface area contributed by atoms with Crippen LogP contribution in [0.4, 0.5) is 0 Å². The second kappa shape index (κ2) is 11.8. The van der Waals surface area contributed by atoms with Gasteiger partial charge in [0.05, 0.1) is 5.56 Å². The minimum atomic E-state index is -4.25. The van der Waals surface area contributed by atoms with E-state index in [4.69, 9.17) is 23.2 Å². The first-order valence-electron chi connectivity index (χ1n) is 12.2. The van der Waals surface area contributed by atoms with Gasteiger partial charge in [0.25, 0.3) is 15.9 Å². The molecule has 204 valence electrons. The van der Waals surface area contributed by atoms with Gasteiger partial charge >= 0.3 is 0 Å². The Morgan fingerprint density at radius 2 is 1.54 bits per heavy atom. The summed E-state index contributed by atoms with van der Waals surface area (Å²) in [6, 6.07) is 18.5. The van der Waals surface area contributed by atoms with Crippen molar-refractivity contribution in [2.75, 3.05) is 6.54 Å². The van der Waals surface area contributed by atoms with Crippen LogP contribution in [0.3, 0.4) is 0 Å². The Morgan fingerprint density at radius 3 is 2.15 bits per heavy atom. The van der Waals surface area contributed by atoms with Crippen molar-refractivity contribution in [1.82, 2.24) is 14.5 Å². The summed E-state index contributed by atoms with van der Waals surface area (Å²) in [5, 5.41) is 3.40. The van der Waals surface area contributed by atoms with Crippen molar-refractivity contribution in [3.05, 3.63) is 99.5 Å². The largest absolute Gasteiger partial charge is 0.352 e. The number of fused-ring (bicyclic) bond motifs is 1. The van der Waals surface area contributed by atoms with E-state index in [1.807, 2.05) is 30.3 Å². The van der Waals surface area contributed by atoms with Crippen molar-refractivity contribution in [2.24, 2.45) is 0 Å². The highest BCUT2D eigenvalue weighted by atomic mass is 35.5. The summed E-state index contributed by atoms with van der Waals surface area (Å²) in [5.74, 6) is -2.00. The molecule has 0 spiro atoms. The molecule has 0 saturated carbocycles. The molecule has 1 aliphatic heterocycles. The summed E-state index contributed by atoms with van der Waals surface area (Å²) in [6.07, 6.45) is 0.133. The molecule has 1 atom stereocenters. The van der Waals surface area contributed by atoms with E-state index in [0.717, 1.165) is 5.56 Å². The van der Waals surface area contributed by atoms with E-state index in [1.165, 1.54) is 23.1 Å². The van der Waals surface area contributed by atoms with Gasteiger partial charge in [-0.1, -0.05) is 71.7 Å². The molecule has 39 heavy (non-hydrogen) atoms. The van der Waals surface area contributed by atoms with Gasteiger partial charge in [-0.3, -0.25) is 14.4 Å². The Balaban J connectivity index is 1.75. The molecular weight excluding hydrogens is 561 g/mol. The van der Waals surface area contributed by atoms with Gasteiger partial charge in [-0.05, 0) is 43.7 Å². The molecule has 1 aliphatic rings. The first-order chi connectivity index (χ1) is 18.5. The predicted octanol–water partition coefficient (Wildman–Crippen LogP) is 4.30. The molecule has 1 heterocycles. The summed E-state index contributed by atoms with van der Waals surface area (Å²) in [5.41, 5.74) is 1.16. The van der Waals surface area contributed by atoms with Gasteiger partial charge in [-0.25, -0.2) is 12.7 Å². The van der Waals surface area contributed by atoms with Crippen LogP contribution in [-0.2, 0) is 32.6 Å². The van der Waals surface area contributed by atoms with Gasteiger partial charge in [0, 0.05) is 34.6 Å². The number of carbonyl (C=O) groups excluding carboxylic acids is 3. The van der Waals surface area contributed by atoms with Crippen molar-refractivity contribution >= 4 is 50.9 Å². The monoisotopic (exact) mass is 587 g/mol. The maximum absolute atomic E-state index is 13.9. The molecule has 0 aromatic heterocycles. The fourth-order valence-corrected chi connectivity index (χ4v) is 6.42. The number of halogens is 2. The third-order valence-electron chi connectivity index (χ3n) is 6.28. The lowest BCUT2D eigenvalue weighted by atomic mass is 10.0. The van der Waals surface area contributed by atoms with Crippen LogP contribution >= 0.6 is 23.2 Å². The lowest BCUT2D eigenvalue weighted by Gasteiger charge is -2.33. The number of amides is 3. The fourth-order valence-electron chi connectivity index (χ4n) is 4.39. The Bertz CT molecular complexity index is 1490. The summed E-state index contributed by atoms with van der Waals surface area (Å²) >= 11 is 12.8. The molecule has 11 heteroatoms. The van der Waals surface area contributed by atoms with Gasteiger partial charge in [0.1, 0.15) is 17.5 Å². The van der Waals surface area contributed by atoms with Crippen molar-refractivity contribution in [2.45, 2.75) is 43.8 Å². The first-order valence-corrected chi connectivity index (χ1v) is 14.4. The topological polar surface area (TPSA) is 104 Å². The zero-order chi connectivity index (χ0) is 28.3. The molecule has 4 rings (SSSR count). The highest BCUT2D eigenvalue weighted by molar-refractivity contribution is 7.90. The molecule has 3 aromatic carbocycles. The van der Waals surface area contributed by atoms with Crippen LogP contribution in [0.1, 0.15) is 35.3 Å². The van der Waals surface area contributed by atoms with E-state index in [0.29, 0.717) is 9.87 Å². The third kappa shape index (κ3) is 6.11. The molecule has 3 aromatic rings. The maximum atomic E-state index is 13.9. The van der Waals surface area contributed by atoms with Crippen molar-refractivity contribution in [3.63, 3.8) is 0 Å². The smallest absolute Gasteiger partial charge is 0.269 e. The lowest BCUT2D eigenvalue weighted by Crippen LogP contribution is -2.54. The van der Waals surface area contributed by atoms with Gasteiger partial charge < -0.3 is 10.2 Å². The molecule has 0 radical (unpaired) electrons. The van der Waals surface area contributed by atoms with E-state index in [-0.39, 0.29) is 39.5 Å². The van der Waals surface area contributed by atoms with E-state index in [9.17, 15) is 22.8 Å². The SMILES string of the molecule is CC(C)NC(=O)[C@@H](Cc1ccccc1)N(Cc1c(Cl)cccc1Cl)C(=O)CN1C(=O)c2ccccc2S1(=O)=O. The van der Waals surface area contributed by atoms with E-state index >= 15 is 0 Å². The Hall–Kier alpha value is -3.40. The van der Waals surface area contributed by atoms with E-state index in [2.05, 4.69) is 5.32 Å². The highest BCUT2D eigenvalue weighted by Crippen LogP contribution is 2.31. The van der Waals surface area contributed by atoms with Crippen LogP contribution in [0.15, 0.2) is 77.7 Å². The second-order valence-corrected chi connectivity index (χ2v) is 12.0. The standard InChI is InChI=1S/C28H27Cl2N3O5S/c1-18(2)31-27(35)24(15-19-9-4-3-5-10-19)32(16-21-22(29)12-8-13-23(21)30)26(34)17-33-28(36)20-11-6-7-14-25(20)39(33,37)38/h3-14,18,24H,15-17H2,1-2H3,(H,31,35)/t24-/m1/s1. The van der Waals surface area contributed by atoms with Crippen LogP contribution in [0.25, 0.3) is 0 Å². The van der Waals surface area contributed by atoms with Crippen LogP contribution in [0.2, 0.25) is 10.0 Å². The third-order valence-corrected chi connectivity index (χ3v) is 8.78. The molecule has 0 aliphatic carbocycles. The highest BCUT2D eigenvalue weighted by Gasteiger charge is 2.43. The van der Waals surface area contributed by atoms with Crippen molar-refractivity contribution in [3.8, 4) is 0 Å². The van der Waals surface area contributed by atoms with Crippen LogP contribution in [0.5, 0.6) is 0 Å². The molecule has 8 nitrogen and oxygen atoms in total. The molecular formula is C28H27Cl2N3O5S. The van der Waals surface area contributed by atoms with Gasteiger partial charge in [-0.15, -0.1) is 0 Å². The minimum absolute atomic E-state index is 0.00983. The summed E-state index contributed by atoms with van der Waals surface area (Å²) in [6.45, 7) is 2.61. The van der Waals surface area contributed by atoms with Crippen LogP contribution in [-0.4, -0.2) is 54.0 Å².